The molecule has 3 aromatic carbocycles. The molecule has 0 N–H and O–H groups in total. The van der Waals surface area contributed by atoms with Crippen LogP contribution in [-0.4, -0.2) is 25.0 Å². The molecular formula is C24H19ClN2O4. The van der Waals surface area contributed by atoms with Gasteiger partial charge in [0.05, 0.1) is 24.5 Å². The average Bonchev–Trinajstić information content (AvgIpc) is 3.30. The van der Waals surface area contributed by atoms with E-state index < -0.39 is 24.0 Å². The molecule has 3 atom stereocenters. The van der Waals surface area contributed by atoms with Crippen LogP contribution in [0.5, 0.6) is 5.75 Å². The van der Waals surface area contributed by atoms with Crippen LogP contribution in [0.1, 0.15) is 11.6 Å². The molecule has 6 nitrogen and oxygen atoms in total. The van der Waals surface area contributed by atoms with Crippen LogP contribution < -0.4 is 14.7 Å². The molecule has 31 heavy (non-hydrogen) atoms. The Balaban J connectivity index is 1.58. The second kappa shape index (κ2) is 7.72. The number of fused-ring (bicyclic) bond motifs is 1. The SMILES string of the molecule is COc1ccc([C@H]2[C@H]3C(=O)N(c4cccc(Cl)c4)C(=O)[C@@H]3ON2c2ccccc2)cc1. The van der Waals surface area contributed by atoms with E-state index in [2.05, 4.69) is 0 Å². The molecule has 0 aliphatic carbocycles. The Bertz CT molecular complexity index is 1140. The maximum atomic E-state index is 13.5. The van der Waals surface area contributed by atoms with Crippen molar-refractivity contribution in [1.29, 1.82) is 0 Å². The average molecular weight is 435 g/mol. The number of para-hydroxylation sites is 1. The lowest BCUT2D eigenvalue weighted by Crippen LogP contribution is -2.37. The molecule has 156 valence electrons. The molecular weight excluding hydrogens is 416 g/mol. The van der Waals surface area contributed by atoms with E-state index in [-0.39, 0.29) is 5.91 Å². The van der Waals surface area contributed by atoms with Crippen molar-refractivity contribution in [3.05, 3.63) is 89.4 Å². The van der Waals surface area contributed by atoms with Gasteiger partial charge in [0.1, 0.15) is 11.7 Å². The molecule has 0 aromatic heterocycles. The fourth-order valence-electron chi connectivity index (χ4n) is 4.22. The molecule has 2 fully saturated rings. The molecule has 2 aliphatic heterocycles. The number of halogens is 1. The van der Waals surface area contributed by atoms with Crippen LogP contribution in [0.3, 0.4) is 0 Å². The van der Waals surface area contributed by atoms with Crippen LogP contribution >= 0.6 is 11.6 Å². The van der Waals surface area contributed by atoms with E-state index in [9.17, 15) is 9.59 Å². The second-order valence-corrected chi connectivity index (χ2v) is 7.86. The van der Waals surface area contributed by atoms with Crippen LogP contribution in [-0.2, 0) is 14.4 Å². The van der Waals surface area contributed by atoms with Gasteiger partial charge in [0, 0.05) is 5.02 Å². The molecule has 2 aliphatic rings. The maximum absolute atomic E-state index is 13.5. The van der Waals surface area contributed by atoms with E-state index in [1.165, 1.54) is 4.90 Å². The lowest BCUT2D eigenvalue weighted by atomic mass is 9.90. The summed E-state index contributed by atoms with van der Waals surface area (Å²) >= 11 is 6.10. The van der Waals surface area contributed by atoms with Crippen molar-refractivity contribution < 1.29 is 19.2 Å². The first-order chi connectivity index (χ1) is 15.1. The van der Waals surface area contributed by atoms with Crippen LogP contribution in [0, 0.1) is 5.92 Å². The van der Waals surface area contributed by atoms with Gasteiger partial charge in [-0.15, -0.1) is 0 Å². The summed E-state index contributed by atoms with van der Waals surface area (Å²) in [6.45, 7) is 0. The molecule has 7 heteroatoms. The highest BCUT2D eigenvalue weighted by molar-refractivity contribution is 6.31. The van der Waals surface area contributed by atoms with Crippen molar-refractivity contribution in [2.75, 3.05) is 17.1 Å². The number of ether oxygens (including phenoxy) is 1. The van der Waals surface area contributed by atoms with Crippen molar-refractivity contribution in [3.63, 3.8) is 0 Å². The molecule has 0 saturated carbocycles. The number of anilines is 2. The van der Waals surface area contributed by atoms with Gasteiger partial charge in [-0.25, -0.2) is 9.96 Å². The lowest BCUT2D eigenvalue weighted by molar-refractivity contribution is -0.126. The molecule has 2 saturated heterocycles. The van der Waals surface area contributed by atoms with Crippen LogP contribution in [0.25, 0.3) is 0 Å². The third kappa shape index (κ3) is 3.24. The predicted molar refractivity (Wildman–Crippen MR) is 117 cm³/mol. The topological polar surface area (TPSA) is 59.1 Å². The molecule has 0 unspecified atom stereocenters. The summed E-state index contributed by atoms with van der Waals surface area (Å²) in [5.74, 6) is -0.689. The van der Waals surface area contributed by atoms with Gasteiger partial charge >= 0.3 is 0 Å². The minimum atomic E-state index is -0.918. The number of amides is 2. The number of imide groups is 1. The van der Waals surface area contributed by atoms with E-state index in [1.807, 2.05) is 54.6 Å². The third-order valence-corrected chi connectivity index (χ3v) is 5.88. The number of rotatable bonds is 4. The van der Waals surface area contributed by atoms with Crippen molar-refractivity contribution in [3.8, 4) is 5.75 Å². The van der Waals surface area contributed by atoms with E-state index in [0.29, 0.717) is 16.5 Å². The molecule has 2 amide bonds. The van der Waals surface area contributed by atoms with Crippen molar-refractivity contribution in [2.45, 2.75) is 12.1 Å². The summed E-state index contributed by atoms with van der Waals surface area (Å²) in [6, 6.07) is 23.2. The lowest BCUT2D eigenvalue weighted by Gasteiger charge is -2.28. The first-order valence-electron chi connectivity index (χ1n) is 9.87. The smallest absolute Gasteiger partial charge is 0.266 e. The quantitative estimate of drug-likeness (QED) is 0.570. The van der Waals surface area contributed by atoms with Crippen LogP contribution in [0.2, 0.25) is 5.02 Å². The van der Waals surface area contributed by atoms with Gasteiger partial charge in [-0.3, -0.25) is 14.4 Å². The maximum Gasteiger partial charge on any atom is 0.266 e. The van der Waals surface area contributed by atoms with Crippen molar-refractivity contribution in [1.82, 2.24) is 0 Å². The summed E-state index contributed by atoms with van der Waals surface area (Å²) in [6.07, 6.45) is -0.918. The summed E-state index contributed by atoms with van der Waals surface area (Å²) in [4.78, 5) is 34.1. The number of methoxy groups -OCH3 is 1. The Morgan fingerprint density at radius 2 is 1.58 bits per heavy atom. The van der Waals surface area contributed by atoms with E-state index in [0.717, 1.165) is 11.3 Å². The standard InChI is InChI=1S/C24H19ClN2O4/c1-30-19-12-10-15(11-13-19)21-20-22(31-27(21)17-7-3-2-4-8-17)24(29)26(23(20)28)18-9-5-6-16(25)14-18/h2-14,20-22H,1H3/t20-,21+,22-/m1/s1. The third-order valence-electron chi connectivity index (χ3n) is 5.65. The normalized spacial score (nSPS) is 22.7. The summed E-state index contributed by atoms with van der Waals surface area (Å²) in [5.41, 5.74) is 2.07. The fraction of sp³-hybridized carbons (Fsp3) is 0.167. The number of carbonyl (C=O) groups excluding carboxylic acids is 2. The number of hydrogen-bond acceptors (Lipinski definition) is 5. The zero-order valence-electron chi connectivity index (χ0n) is 16.6. The van der Waals surface area contributed by atoms with Crippen molar-refractivity contribution in [2.24, 2.45) is 5.92 Å². The number of benzene rings is 3. The zero-order valence-corrected chi connectivity index (χ0v) is 17.4. The number of hydrogen-bond donors (Lipinski definition) is 0. The summed E-state index contributed by atoms with van der Waals surface area (Å²) < 4.78 is 5.27. The van der Waals surface area contributed by atoms with Crippen molar-refractivity contribution >= 4 is 34.8 Å². The first-order valence-corrected chi connectivity index (χ1v) is 10.2. The van der Waals surface area contributed by atoms with E-state index >= 15 is 0 Å². The number of carbonyl (C=O) groups is 2. The minimum Gasteiger partial charge on any atom is -0.497 e. The highest BCUT2D eigenvalue weighted by atomic mass is 35.5. The van der Waals surface area contributed by atoms with Gasteiger partial charge in [0.25, 0.3) is 5.91 Å². The fourth-order valence-corrected chi connectivity index (χ4v) is 4.41. The van der Waals surface area contributed by atoms with Gasteiger partial charge < -0.3 is 4.74 Å². The Labute approximate surface area is 184 Å². The summed E-state index contributed by atoms with van der Waals surface area (Å²) in [5, 5.41) is 2.12. The highest BCUT2D eigenvalue weighted by Crippen LogP contribution is 2.47. The highest BCUT2D eigenvalue weighted by Gasteiger charge is 2.60. The molecule has 0 radical (unpaired) electrons. The number of nitrogens with zero attached hydrogens (tertiary/aromatic N) is 2. The van der Waals surface area contributed by atoms with E-state index in [1.54, 1.807) is 36.4 Å². The monoisotopic (exact) mass is 434 g/mol. The zero-order chi connectivity index (χ0) is 21.5. The van der Waals surface area contributed by atoms with Crippen LogP contribution in [0.4, 0.5) is 11.4 Å². The minimum absolute atomic E-state index is 0.309. The Morgan fingerprint density at radius 1 is 0.871 bits per heavy atom. The Morgan fingerprint density at radius 3 is 2.26 bits per heavy atom. The molecule has 3 aromatic rings. The Hall–Kier alpha value is -3.35. The molecule has 0 bridgehead atoms. The van der Waals surface area contributed by atoms with Crippen LogP contribution in [0.15, 0.2) is 78.9 Å². The Kier molecular flexibility index (Phi) is 4.88. The van der Waals surface area contributed by atoms with Gasteiger partial charge in [0.2, 0.25) is 5.91 Å². The first kappa shape index (κ1) is 19.6. The molecule has 2 heterocycles. The second-order valence-electron chi connectivity index (χ2n) is 7.42. The predicted octanol–water partition coefficient (Wildman–Crippen LogP) is 4.40. The van der Waals surface area contributed by atoms with E-state index in [4.69, 9.17) is 21.2 Å². The largest absolute Gasteiger partial charge is 0.497 e. The van der Waals surface area contributed by atoms with Gasteiger partial charge in [-0.1, -0.05) is 48.0 Å². The summed E-state index contributed by atoms with van der Waals surface area (Å²) in [7, 11) is 1.60. The van der Waals surface area contributed by atoms with Gasteiger partial charge in [0.15, 0.2) is 6.10 Å². The molecule has 0 spiro atoms. The van der Waals surface area contributed by atoms with Gasteiger partial charge in [-0.05, 0) is 48.0 Å². The number of hydroxylamine groups is 1. The molecule has 5 rings (SSSR count). The van der Waals surface area contributed by atoms with Gasteiger partial charge in [-0.2, -0.15) is 0 Å².